The van der Waals surface area contributed by atoms with Gasteiger partial charge in [-0.1, -0.05) is 0 Å². The van der Waals surface area contributed by atoms with Crippen molar-refractivity contribution in [2.24, 2.45) is 0 Å². The second kappa shape index (κ2) is 10.8. The number of phosphoric acid groups is 1. The summed E-state index contributed by atoms with van der Waals surface area (Å²) in [5.41, 5.74) is 8.94. The number of anilines is 2. The minimum Gasteiger partial charge on any atom is -0.394 e. The van der Waals surface area contributed by atoms with E-state index in [0.29, 0.717) is 0 Å². The van der Waals surface area contributed by atoms with Crippen LogP contribution in [0, 0.1) is 0 Å². The number of nitrogen functional groups attached to an aromatic ring is 2. The number of phosphoric ester groups is 1. The van der Waals surface area contributed by atoms with Crippen molar-refractivity contribution in [3.8, 4) is 0 Å². The quantitative estimate of drug-likeness (QED) is 0.0907. The molecule has 0 radical (unpaired) electrons. The van der Waals surface area contributed by atoms with Gasteiger partial charge >= 0.3 is 7.82 Å². The van der Waals surface area contributed by atoms with E-state index in [1.165, 1.54) is 24.3 Å². The van der Waals surface area contributed by atoms with Gasteiger partial charge in [0.1, 0.15) is 42.4 Å². The summed E-state index contributed by atoms with van der Waals surface area (Å²) in [5.74, 6) is -0.164. The molecule has 0 saturated carbocycles. The fraction of sp³-hybridized carbons (Fsp3) is 0.524. The number of rotatable bonds is 9. The highest BCUT2D eigenvalue weighted by molar-refractivity contribution is 7.47. The molecule has 43 heavy (non-hydrogen) atoms. The Balaban J connectivity index is 1.21. The van der Waals surface area contributed by atoms with Crippen LogP contribution in [0.5, 0.6) is 0 Å². The predicted octanol–water partition coefficient (Wildman–Crippen LogP) is -3.06. The maximum atomic E-state index is 13.2. The number of hydrogen-bond donors (Lipinski definition) is 7. The number of hydrogen-bond acceptors (Lipinski definition) is 17. The van der Waals surface area contributed by atoms with E-state index in [0.717, 1.165) is 10.9 Å². The first kappa shape index (κ1) is 29.4. The number of aliphatic hydroxyl groups excluding tert-OH is 2. The van der Waals surface area contributed by atoms with E-state index in [1.54, 1.807) is 0 Å². The predicted molar refractivity (Wildman–Crippen MR) is 141 cm³/mol. The van der Waals surface area contributed by atoms with Gasteiger partial charge in [-0.05, 0) is 0 Å². The van der Waals surface area contributed by atoms with Crippen LogP contribution in [0.1, 0.15) is 6.23 Å². The van der Waals surface area contributed by atoms with E-state index >= 15 is 0 Å². The number of aromatic amines is 1. The highest BCUT2D eigenvalue weighted by atomic mass is 31.2. The van der Waals surface area contributed by atoms with Crippen LogP contribution in [0.2, 0.25) is 0 Å². The molecule has 1 unspecified atom stereocenters. The van der Waals surface area contributed by atoms with E-state index in [9.17, 15) is 29.6 Å². The van der Waals surface area contributed by atoms with Crippen LogP contribution in [0.25, 0.3) is 22.3 Å². The van der Waals surface area contributed by atoms with Crippen LogP contribution in [-0.2, 0) is 33.5 Å². The molecule has 0 spiro atoms. The molecule has 4 aromatic heterocycles. The van der Waals surface area contributed by atoms with Crippen molar-refractivity contribution in [1.29, 1.82) is 0 Å². The van der Waals surface area contributed by atoms with Gasteiger partial charge < -0.3 is 45.9 Å². The Labute approximate surface area is 239 Å². The molecular weight excluding hydrogens is 599 g/mol. The fourth-order valence-corrected chi connectivity index (χ4v) is 6.08. The summed E-state index contributed by atoms with van der Waals surface area (Å²) in [6.07, 6.45) is -4.27. The molecule has 4 aromatic rings. The van der Waals surface area contributed by atoms with E-state index in [2.05, 4.69) is 29.9 Å². The van der Waals surface area contributed by atoms with Crippen LogP contribution in [0.3, 0.4) is 0 Å². The van der Waals surface area contributed by atoms with Crippen molar-refractivity contribution in [2.75, 3.05) is 38.4 Å². The summed E-state index contributed by atoms with van der Waals surface area (Å²) in [6, 6.07) is 0. The number of ether oxygens (including phenoxy) is 3. The van der Waals surface area contributed by atoms with Crippen molar-refractivity contribution in [3.05, 3.63) is 29.3 Å². The first-order chi connectivity index (χ1) is 20.5. The van der Waals surface area contributed by atoms with E-state index < -0.39 is 75.7 Å². The lowest BCUT2D eigenvalue weighted by Gasteiger charge is -2.28. The smallest absolute Gasteiger partial charge is 0.394 e. The third kappa shape index (κ3) is 4.94. The van der Waals surface area contributed by atoms with E-state index in [1.807, 2.05) is 0 Å². The molecule has 21 nitrogen and oxygen atoms in total. The highest BCUT2D eigenvalue weighted by Gasteiger charge is 2.53. The number of nitrogens with two attached hydrogens (primary N) is 2. The van der Waals surface area contributed by atoms with Gasteiger partial charge in [0, 0.05) is 7.11 Å². The number of aromatic nitrogens is 8. The molecule has 2 fully saturated rings. The minimum absolute atomic E-state index is 0.0252. The van der Waals surface area contributed by atoms with Gasteiger partial charge in [0.2, 0.25) is 5.95 Å². The van der Waals surface area contributed by atoms with E-state index in [4.69, 9.17) is 34.7 Å². The average molecular weight is 626 g/mol. The number of nitrogens with zero attached hydrogens (tertiary/aromatic N) is 7. The molecule has 9 N–H and O–H groups in total. The molecule has 0 aromatic carbocycles. The number of nitrogens with one attached hydrogen (secondary N) is 1. The maximum absolute atomic E-state index is 13.2. The summed E-state index contributed by atoms with van der Waals surface area (Å²) >= 11 is 0. The standard InChI is InChI=1S/C21H27N10O11P/c1-38-12-8(2-32)41-19(30-6-26-11-17(30)28-20(23)29-18(11)34)13(12)42-43(36,37)40-3-9-14(33)21(35,4-39-9)31-7-27-10-15(22)24-5-25-16(10)31/h5-9,12-14,19,32-33,35H,2-4H2,1H3,(H,36,37)(H2,22,24,25)(H3,23,28,29,34)/t8-,9-,12-,13-,14-,19-,21-/m1/s1. The second-order valence-corrected chi connectivity index (χ2v) is 11.2. The van der Waals surface area contributed by atoms with Crippen molar-refractivity contribution < 1.29 is 48.0 Å². The third-order valence-electron chi connectivity index (χ3n) is 7.23. The molecule has 2 saturated heterocycles. The number of H-pyrrole nitrogens is 1. The Bertz CT molecular complexity index is 1760. The van der Waals surface area contributed by atoms with Crippen molar-refractivity contribution >= 4 is 41.9 Å². The summed E-state index contributed by atoms with van der Waals surface area (Å²) < 4.78 is 42.9. The Morgan fingerprint density at radius 3 is 2.67 bits per heavy atom. The van der Waals surface area contributed by atoms with Crippen LogP contribution in [0.15, 0.2) is 23.8 Å². The molecule has 2 aliphatic rings. The molecular formula is C21H27N10O11P. The second-order valence-electron chi connectivity index (χ2n) is 9.78. The largest absolute Gasteiger partial charge is 0.472 e. The van der Waals surface area contributed by atoms with Crippen LogP contribution >= 0.6 is 7.82 Å². The molecule has 232 valence electrons. The number of fused-ring (bicyclic) bond motifs is 2. The Kier molecular flexibility index (Phi) is 7.41. The summed E-state index contributed by atoms with van der Waals surface area (Å²) in [7, 11) is -3.72. The van der Waals surface area contributed by atoms with Gasteiger partial charge in [-0.2, -0.15) is 4.98 Å². The molecule has 0 amide bonds. The number of aliphatic hydroxyl groups is 3. The van der Waals surface area contributed by atoms with Crippen molar-refractivity contribution in [2.45, 2.75) is 42.5 Å². The normalized spacial score (nSPS) is 30.8. The zero-order valence-electron chi connectivity index (χ0n) is 22.2. The fourth-order valence-electron chi connectivity index (χ4n) is 5.15. The lowest BCUT2D eigenvalue weighted by atomic mass is 10.1. The van der Waals surface area contributed by atoms with E-state index in [-0.39, 0.29) is 34.1 Å². The SMILES string of the molecule is CO[C@H]1[C@@H](OP(=O)(O)OC[C@H]2OC[C@](O)(n3cnc4c(N)ncnc43)[C@@H]2O)[C@H](n2cnc3c(=O)[nH]c(N)nc32)O[C@@H]1CO. The lowest BCUT2D eigenvalue weighted by molar-refractivity contribution is -0.110. The Hall–Kier alpha value is -3.63. The molecule has 6 rings (SSSR count). The first-order valence-electron chi connectivity index (χ1n) is 12.6. The Morgan fingerprint density at radius 1 is 1.16 bits per heavy atom. The summed E-state index contributed by atoms with van der Waals surface area (Å²) in [6.45, 7) is -1.73. The van der Waals surface area contributed by atoms with Gasteiger partial charge in [0.25, 0.3) is 5.56 Å². The molecule has 0 bridgehead atoms. The molecule has 22 heteroatoms. The summed E-state index contributed by atoms with van der Waals surface area (Å²) in [5, 5.41) is 32.0. The molecule has 2 aliphatic heterocycles. The average Bonchev–Trinajstić information content (AvgIpc) is 3.72. The van der Waals surface area contributed by atoms with Gasteiger partial charge in [-0.15, -0.1) is 0 Å². The van der Waals surface area contributed by atoms with Crippen molar-refractivity contribution in [3.63, 3.8) is 0 Å². The van der Waals surface area contributed by atoms with Gasteiger partial charge in [0.15, 0.2) is 34.6 Å². The molecule has 0 aliphatic carbocycles. The maximum Gasteiger partial charge on any atom is 0.472 e. The topological polar surface area (TPSA) is 303 Å². The monoisotopic (exact) mass is 626 g/mol. The zero-order valence-corrected chi connectivity index (χ0v) is 23.1. The molecule has 8 atom stereocenters. The molecule has 6 heterocycles. The van der Waals surface area contributed by atoms with Crippen LogP contribution < -0.4 is 17.0 Å². The van der Waals surface area contributed by atoms with Gasteiger partial charge in [0.05, 0.1) is 32.5 Å². The van der Waals surface area contributed by atoms with Gasteiger partial charge in [-0.25, -0.2) is 24.5 Å². The van der Waals surface area contributed by atoms with Gasteiger partial charge in [-0.3, -0.25) is 28.0 Å². The number of imidazole rings is 2. The minimum atomic E-state index is -4.99. The summed E-state index contributed by atoms with van der Waals surface area (Å²) in [4.78, 5) is 45.2. The lowest BCUT2D eigenvalue weighted by Crippen LogP contribution is -2.47. The first-order valence-corrected chi connectivity index (χ1v) is 14.1. The van der Waals surface area contributed by atoms with Crippen LogP contribution in [0.4, 0.5) is 11.8 Å². The zero-order chi connectivity index (χ0) is 30.7. The number of methoxy groups -OCH3 is 1. The highest BCUT2D eigenvalue weighted by Crippen LogP contribution is 2.50. The third-order valence-corrected chi connectivity index (χ3v) is 8.22. The van der Waals surface area contributed by atoms with Crippen LogP contribution in [-0.4, -0.2) is 117 Å². The van der Waals surface area contributed by atoms with Crippen molar-refractivity contribution in [1.82, 2.24) is 39.0 Å². The Morgan fingerprint density at radius 2 is 1.93 bits per heavy atom.